The molecule has 0 saturated carbocycles. The van der Waals surface area contributed by atoms with Gasteiger partial charge in [0.1, 0.15) is 5.54 Å². The summed E-state index contributed by atoms with van der Waals surface area (Å²) >= 11 is 5.97. The Bertz CT molecular complexity index is 1040. The van der Waals surface area contributed by atoms with Gasteiger partial charge in [0.2, 0.25) is 9.84 Å². The van der Waals surface area contributed by atoms with Crippen molar-refractivity contribution in [3.63, 3.8) is 0 Å². The zero-order valence-electron chi connectivity index (χ0n) is 14.5. The zero-order chi connectivity index (χ0) is 20.7. The van der Waals surface area contributed by atoms with Gasteiger partial charge in [-0.05, 0) is 42.3 Å². The minimum absolute atomic E-state index is 0.143. The van der Waals surface area contributed by atoms with Gasteiger partial charge in [0.25, 0.3) is 5.91 Å². The molecule has 0 aliphatic carbocycles. The minimum Gasteiger partial charge on any atom is -0.319 e. The molecule has 3 amide bonds. The molecule has 1 atom stereocenters. The molecule has 148 valence electrons. The van der Waals surface area contributed by atoms with Crippen molar-refractivity contribution in [2.45, 2.75) is 29.7 Å². The second-order valence-corrected chi connectivity index (χ2v) is 8.76. The van der Waals surface area contributed by atoms with E-state index in [0.717, 1.165) is 17.0 Å². The molecule has 3 rings (SSSR count). The van der Waals surface area contributed by atoms with Gasteiger partial charge < -0.3 is 5.32 Å². The lowest BCUT2D eigenvalue weighted by atomic mass is 9.92. The summed E-state index contributed by atoms with van der Waals surface area (Å²) in [5, 5.41) is 3.04. The normalized spacial score (nSPS) is 20.0. The molecule has 1 N–H and O–H groups in total. The second kappa shape index (κ2) is 7.14. The van der Waals surface area contributed by atoms with Crippen molar-refractivity contribution < 1.29 is 26.8 Å². The fraction of sp³-hybridized carbons (Fsp3) is 0.222. The van der Waals surface area contributed by atoms with E-state index >= 15 is 0 Å². The molecule has 0 radical (unpaired) electrons. The van der Waals surface area contributed by atoms with Crippen molar-refractivity contribution in [3.05, 3.63) is 64.7 Å². The van der Waals surface area contributed by atoms with Crippen molar-refractivity contribution in [1.82, 2.24) is 10.2 Å². The third kappa shape index (κ3) is 3.47. The second-order valence-electron chi connectivity index (χ2n) is 6.41. The number of nitrogens with zero attached hydrogens (tertiary/aromatic N) is 1. The van der Waals surface area contributed by atoms with Gasteiger partial charge in [-0.3, -0.25) is 9.69 Å². The standard InChI is InChI=1S/C18H15ClF2N2O4S/c1-18(12-3-2-4-13(19)9-12)15(24)23(17(25)22-18)10-11-5-7-14(8-6-11)28(26,27)16(20)21/h2-9,16H,10H2,1H3,(H,22,25). The van der Waals surface area contributed by atoms with Crippen LogP contribution in [0.2, 0.25) is 5.02 Å². The van der Waals surface area contributed by atoms with Crippen LogP contribution in [-0.4, -0.2) is 31.0 Å². The Morgan fingerprint density at radius 3 is 2.36 bits per heavy atom. The Morgan fingerprint density at radius 2 is 1.79 bits per heavy atom. The average molecular weight is 429 g/mol. The van der Waals surface area contributed by atoms with Crippen LogP contribution < -0.4 is 5.32 Å². The van der Waals surface area contributed by atoms with Crippen molar-refractivity contribution in [2.75, 3.05) is 0 Å². The molecular formula is C18H15ClF2N2O4S. The molecule has 2 aromatic rings. The highest BCUT2D eigenvalue weighted by atomic mass is 35.5. The lowest BCUT2D eigenvalue weighted by Gasteiger charge is -2.22. The number of hydrogen-bond donors (Lipinski definition) is 1. The molecule has 1 heterocycles. The SMILES string of the molecule is CC1(c2cccc(Cl)c2)NC(=O)N(Cc2ccc(S(=O)(=O)C(F)F)cc2)C1=O. The maximum absolute atomic E-state index is 12.9. The summed E-state index contributed by atoms with van der Waals surface area (Å²) < 4.78 is 48.1. The van der Waals surface area contributed by atoms with Gasteiger partial charge in [-0.2, -0.15) is 8.78 Å². The topological polar surface area (TPSA) is 83.6 Å². The molecule has 0 spiro atoms. The number of nitrogens with one attached hydrogen (secondary N) is 1. The maximum Gasteiger partial charge on any atom is 0.341 e. The van der Waals surface area contributed by atoms with Gasteiger partial charge >= 0.3 is 11.8 Å². The van der Waals surface area contributed by atoms with E-state index in [1.54, 1.807) is 31.2 Å². The molecule has 28 heavy (non-hydrogen) atoms. The van der Waals surface area contributed by atoms with Crippen LogP contribution in [0.5, 0.6) is 0 Å². The number of alkyl halides is 2. The van der Waals surface area contributed by atoms with E-state index < -0.39 is 38.0 Å². The Morgan fingerprint density at radius 1 is 1.14 bits per heavy atom. The first-order valence-electron chi connectivity index (χ1n) is 8.07. The van der Waals surface area contributed by atoms with Crippen molar-refractivity contribution >= 4 is 33.4 Å². The van der Waals surface area contributed by atoms with Crippen LogP contribution in [0.25, 0.3) is 0 Å². The monoisotopic (exact) mass is 428 g/mol. The first-order valence-corrected chi connectivity index (χ1v) is 9.99. The number of amides is 3. The highest BCUT2D eigenvalue weighted by Gasteiger charge is 2.48. The number of urea groups is 1. The number of benzene rings is 2. The zero-order valence-corrected chi connectivity index (χ0v) is 16.1. The summed E-state index contributed by atoms with van der Waals surface area (Å²) in [6.07, 6.45) is 0. The quantitative estimate of drug-likeness (QED) is 0.740. The van der Waals surface area contributed by atoms with Crippen LogP contribution in [-0.2, 0) is 26.7 Å². The van der Waals surface area contributed by atoms with E-state index in [4.69, 9.17) is 11.6 Å². The molecule has 1 fully saturated rings. The molecule has 2 aromatic carbocycles. The smallest absolute Gasteiger partial charge is 0.319 e. The van der Waals surface area contributed by atoms with Crippen LogP contribution in [0, 0.1) is 0 Å². The Kier molecular flexibility index (Phi) is 5.16. The van der Waals surface area contributed by atoms with E-state index in [-0.39, 0.29) is 6.54 Å². The summed E-state index contributed by atoms with van der Waals surface area (Å²) in [5.41, 5.74) is -0.382. The fourth-order valence-electron chi connectivity index (χ4n) is 2.91. The molecule has 1 saturated heterocycles. The Labute approximate surface area is 165 Å². The Balaban J connectivity index is 1.84. The van der Waals surface area contributed by atoms with Gasteiger partial charge in [0.15, 0.2) is 0 Å². The van der Waals surface area contributed by atoms with E-state index in [9.17, 15) is 26.8 Å². The van der Waals surface area contributed by atoms with Crippen molar-refractivity contribution in [3.8, 4) is 0 Å². The summed E-state index contributed by atoms with van der Waals surface area (Å²) in [5.74, 6) is -4.04. The van der Waals surface area contributed by atoms with Crippen LogP contribution in [0.4, 0.5) is 13.6 Å². The highest BCUT2D eigenvalue weighted by molar-refractivity contribution is 7.91. The summed E-state index contributed by atoms with van der Waals surface area (Å²) in [7, 11) is -4.71. The number of halogens is 3. The number of hydrogen-bond acceptors (Lipinski definition) is 4. The van der Waals surface area contributed by atoms with Crippen LogP contribution in [0.15, 0.2) is 53.4 Å². The molecule has 1 aliphatic heterocycles. The van der Waals surface area contributed by atoms with Crippen LogP contribution in [0.1, 0.15) is 18.1 Å². The molecule has 6 nitrogen and oxygen atoms in total. The lowest BCUT2D eigenvalue weighted by molar-refractivity contribution is -0.131. The number of imide groups is 1. The van der Waals surface area contributed by atoms with Crippen LogP contribution in [0.3, 0.4) is 0 Å². The van der Waals surface area contributed by atoms with Crippen molar-refractivity contribution in [1.29, 1.82) is 0 Å². The largest absolute Gasteiger partial charge is 0.341 e. The molecule has 10 heteroatoms. The third-order valence-electron chi connectivity index (χ3n) is 4.50. The van der Waals surface area contributed by atoms with Gasteiger partial charge in [0, 0.05) is 5.02 Å². The number of carbonyl (C=O) groups excluding carboxylic acids is 2. The summed E-state index contributed by atoms with van der Waals surface area (Å²) in [6.45, 7) is 1.41. The molecule has 0 bridgehead atoms. The van der Waals surface area contributed by atoms with E-state index in [0.29, 0.717) is 16.1 Å². The van der Waals surface area contributed by atoms with Gasteiger partial charge in [-0.25, -0.2) is 13.2 Å². The fourth-order valence-corrected chi connectivity index (χ4v) is 3.82. The maximum atomic E-state index is 12.9. The molecular weight excluding hydrogens is 414 g/mol. The van der Waals surface area contributed by atoms with E-state index in [1.807, 2.05) is 0 Å². The van der Waals surface area contributed by atoms with E-state index in [1.165, 1.54) is 12.1 Å². The molecule has 1 aliphatic rings. The predicted molar refractivity (Wildman–Crippen MR) is 97.5 cm³/mol. The Hall–Kier alpha value is -2.52. The molecule has 0 aromatic heterocycles. The van der Waals surface area contributed by atoms with Gasteiger partial charge in [0.05, 0.1) is 11.4 Å². The van der Waals surface area contributed by atoms with E-state index in [2.05, 4.69) is 5.32 Å². The van der Waals surface area contributed by atoms with Gasteiger partial charge in [-0.15, -0.1) is 0 Å². The summed E-state index contributed by atoms with van der Waals surface area (Å²) in [6, 6.07) is 10.5. The predicted octanol–water partition coefficient (Wildman–Crippen LogP) is 3.30. The van der Waals surface area contributed by atoms with Gasteiger partial charge in [-0.1, -0.05) is 35.9 Å². The average Bonchev–Trinajstić information content (AvgIpc) is 2.86. The van der Waals surface area contributed by atoms with Crippen molar-refractivity contribution in [2.24, 2.45) is 0 Å². The highest BCUT2D eigenvalue weighted by Crippen LogP contribution is 2.31. The summed E-state index contributed by atoms with van der Waals surface area (Å²) in [4.78, 5) is 25.7. The number of carbonyl (C=O) groups is 2. The third-order valence-corrected chi connectivity index (χ3v) is 6.14. The number of rotatable bonds is 5. The lowest BCUT2D eigenvalue weighted by Crippen LogP contribution is -2.40. The first-order chi connectivity index (χ1) is 13.1. The minimum atomic E-state index is -4.71. The first kappa shape index (κ1) is 20.2. The molecule has 1 unspecified atom stereocenters. The van der Waals surface area contributed by atoms with Crippen LogP contribution >= 0.6 is 11.6 Å². The number of sulfone groups is 1.